The predicted octanol–water partition coefficient (Wildman–Crippen LogP) is 1.38. The van der Waals surface area contributed by atoms with Crippen molar-refractivity contribution in [2.75, 3.05) is 25.0 Å². The number of anilines is 1. The summed E-state index contributed by atoms with van der Waals surface area (Å²) in [4.78, 5) is 18.6. The van der Waals surface area contributed by atoms with Gasteiger partial charge in [0.2, 0.25) is 11.9 Å². The van der Waals surface area contributed by atoms with Crippen molar-refractivity contribution in [1.82, 2.24) is 14.9 Å². The van der Waals surface area contributed by atoms with Crippen molar-refractivity contribution in [3.63, 3.8) is 0 Å². The number of amides is 1. The molecule has 3 rings (SSSR count). The number of carbonyl (C=O) groups excluding carboxylic acids is 1. The van der Waals surface area contributed by atoms with Crippen molar-refractivity contribution in [1.29, 1.82) is 0 Å². The molecule has 1 aliphatic rings. The molecule has 0 radical (unpaired) electrons. The number of rotatable bonds is 4. The molecule has 19 heavy (non-hydrogen) atoms. The summed E-state index contributed by atoms with van der Waals surface area (Å²) >= 11 is 0. The number of para-hydroxylation sites is 2. The number of nitrogens with zero attached hydrogens (tertiary/aromatic N) is 3. The Labute approximate surface area is 112 Å². The summed E-state index contributed by atoms with van der Waals surface area (Å²) in [6.07, 6.45) is 1.44. The molecule has 0 atom stereocenters. The fourth-order valence-corrected chi connectivity index (χ4v) is 2.58. The highest BCUT2D eigenvalue weighted by Crippen LogP contribution is 2.27. The molecular formula is C14H18N4O. The van der Waals surface area contributed by atoms with Gasteiger partial charge in [-0.3, -0.25) is 9.69 Å². The van der Waals surface area contributed by atoms with Crippen LogP contribution < -0.4 is 10.2 Å². The Bertz CT molecular complexity index is 605. The Balaban J connectivity index is 1.83. The van der Waals surface area contributed by atoms with E-state index in [1.54, 1.807) is 0 Å². The van der Waals surface area contributed by atoms with Gasteiger partial charge in [-0.15, -0.1) is 0 Å². The number of fused-ring (bicyclic) bond motifs is 3. The Morgan fingerprint density at radius 3 is 3.05 bits per heavy atom. The fraction of sp³-hybridized carbons (Fsp3) is 0.429. The Kier molecular flexibility index (Phi) is 3.21. The van der Waals surface area contributed by atoms with Crippen LogP contribution in [0.5, 0.6) is 0 Å². The van der Waals surface area contributed by atoms with Crippen molar-refractivity contribution in [3.05, 3.63) is 24.3 Å². The van der Waals surface area contributed by atoms with Crippen LogP contribution in [0.2, 0.25) is 0 Å². The zero-order valence-corrected chi connectivity index (χ0v) is 11.1. The largest absolute Gasteiger partial charge is 0.320 e. The molecule has 0 saturated carbocycles. The number of benzene rings is 1. The van der Waals surface area contributed by atoms with E-state index in [9.17, 15) is 4.79 Å². The molecule has 0 fully saturated rings. The molecule has 1 aliphatic heterocycles. The molecular weight excluding hydrogens is 240 g/mol. The van der Waals surface area contributed by atoms with Gasteiger partial charge in [-0.2, -0.15) is 0 Å². The van der Waals surface area contributed by atoms with E-state index in [-0.39, 0.29) is 5.91 Å². The second kappa shape index (κ2) is 5.01. The van der Waals surface area contributed by atoms with Gasteiger partial charge in [0.1, 0.15) is 0 Å². The number of aromatic nitrogens is 2. The van der Waals surface area contributed by atoms with E-state index < -0.39 is 0 Å². The van der Waals surface area contributed by atoms with Crippen LogP contribution in [0.25, 0.3) is 11.0 Å². The Hall–Kier alpha value is -1.88. The van der Waals surface area contributed by atoms with E-state index in [1.807, 2.05) is 30.1 Å². The van der Waals surface area contributed by atoms with Gasteiger partial charge < -0.3 is 9.88 Å². The second-order valence-electron chi connectivity index (χ2n) is 4.80. The fourth-order valence-electron chi connectivity index (χ4n) is 2.58. The highest BCUT2D eigenvalue weighted by Gasteiger charge is 2.27. The van der Waals surface area contributed by atoms with Gasteiger partial charge in [0.05, 0.1) is 11.0 Å². The summed E-state index contributed by atoms with van der Waals surface area (Å²) in [5.41, 5.74) is 2.08. The van der Waals surface area contributed by atoms with E-state index in [2.05, 4.69) is 20.9 Å². The summed E-state index contributed by atoms with van der Waals surface area (Å²) < 4.78 is 2.13. The maximum Gasteiger partial charge on any atom is 0.229 e. The molecule has 0 unspecified atom stereocenters. The van der Waals surface area contributed by atoms with E-state index in [4.69, 9.17) is 0 Å². The molecule has 0 bridgehead atoms. The maximum absolute atomic E-state index is 12.2. The van der Waals surface area contributed by atoms with Gasteiger partial charge in [-0.25, -0.2) is 4.98 Å². The minimum Gasteiger partial charge on any atom is -0.320 e. The van der Waals surface area contributed by atoms with E-state index >= 15 is 0 Å². The van der Waals surface area contributed by atoms with Crippen LogP contribution >= 0.6 is 0 Å². The first-order valence-electron chi connectivity index (χ1n) is 6.71. The Morgan fingerprint density at radius 2 is 2.21 bits per heavy atom. The summed E-state index contributed by atoms with van der Waals surface area (Å²) in [6, 6.07) is 8.03. The zero-order valence-electron chi connectivity index (χ0n) is 11.1. The minimum atomic E-state index is 0.171. The van der Waals surface area contributed by atoms with Crippen molar-refractivity contribution >= 4 is 22.9 Å². The van der Waals surface area contributed by atoms with Gasteiger partial charge in [0.25, 0.3) is 0 Å². The molecule has 1 amide bonds. The number of hydrogen-bond donors (Lipinski definition) is 1. The standard InChI is InChI=1S/C14H18N4O/c1-15-8-4-7-13(19)18-10-9-17-12-6-3-2-5-11(12)16-14(17)18/h2-3,5-6,15H,4,7-10H2,1H3. The van der Waals surface area contributed by atoms with Gasteiger partial charge in [0, 0.05) is 19.5 Å². The minimum absolute atomic E-state index is 0.171. The van der Waals surface area contributed by atoms with Gasteiger partial charge in [0.15, 0.2) is 0 Å². The third kappa shape index (κ3) is 2.10. The monoisotopic (exact) mass is 258 g/mol. The van der Waals surface area contributed by atoms with Crippen LogP contribution in [-0.2, 0) is 11.3 Å². The van der Waals surface area contributed by atoms with Gasteiger partial charge >= 0.3 is 0 Å². The summed E-state index contributed by atoms with van der Waals surface area (Å²) in [5, 5.41) is 3.06. The molecule has 1 aromatic heterocycles. The molecule has 1 N–H and O–H groups in total. The van der Waals surface area contributed by atoms with Gasteiger partial charge in [-0.1, -0.05) is 12.1 Å². The lowest BCUT2D eigenvalue weighted by Gasteiger charge is -2.13. The highest BCUT2D eigenvalue weighted by molar-refractivity contribution is 5.94. The molecule has 100 valence electrons. The van der Waals surface area contributed by atoms with Crippen molar-refractivity contribution in [2.24, 2.45) is 0 Å². The second-order valence-corrected chi connectivity index (χ2v) is 4.80. The van der Waals surface area contributed by atoms with Crippen molar-refractivity contribution in [2.45, 2.75) is 19.4 Å². The lowest BCUT2D eigenvalue weighted by Crippen LogP contribution is -2.29. The molecule has 0 spiro atoms. The number of hydrogen-bond acceptors (Lipinski definition) is 3. The first kappa shape index (κ1) is 12.2. The predicted molar refractivity (Wildman–Crippen MR) is 75.2 cm³/mol. The molecule has 2 heterocycles. The smallest absolute Gasteiger partial charge is 0.229 e. The summed E-state index contributed by atoms with van der Waals surface area (Å²) in [6.45, 7) is 2.45. The molecule has 0 aliphatic carbocycles. The van der Waals surface area contributed by atoms with Crippen LogP contribution in [-0.4, -0.2) is 35.6 Å². The number of imidazole rings is 1. The first-order valence-corrected chi connectivity index (χ1v) is 6.71. The maximum atomic E-state index is 12.2. The molecule has 1 aromatic carbocycles. The highest BCUT2D eigenvalue weighted by atomic mass is 16.2. The van der Waals surface area contributed by atoms with E-state index in [1.165, 1.54) is 0 Å². The third-order valence-electron chi connectivity index (χ3n) is 3.54. The van der Waals surface area contributed by atoms with E-state index in [0.29, 0.717) is 6.42 Å². The lowest BCUT2D eigenvalue weighted by molar-refractivity contribution is -0.118. The van der Waals surface area contributed by atoms with Crippen LogP contribution in [0.3, 0.4) is 0 Å². The number of nitrogens with one attached hydrogen (secondary N) is 1. The number of carbonyl (C=O) groups is 1. The third-order valence-corrected chi connectivity index (χ3v) is 3.54. The van der Waals surface area contributed by atoms with Crippen LogP contribution in [0.1, 0.15) is 12.8 Å². The molecule has 5 nitrogen and oxygen atoms in total. The zero-order chi connectivity index (χ0) is 13.2. The van der Waals surface area contributed by atoms with Crippen molar-refractivity contribution < 1.29 is 4.79 Å². The normalized spacial score (nSPS) is 14.1. The topological polar surface area (TPSA) is 50.2 Å². The average Bonchev–Trinajstić information content (AvgIpc) is 2.97. The van der Waals surface area contributed by atoms with E-state index in [0.717, 1.165) is 43.0 Å². The van der Waals surface area contributed by atoms with Crippen LogP contribution in [0.4, 0.5) is 5.95 Å². The Morgan fingerprint density at radius 1 is 1.37 bits per heavy atom. The quantitative estimate of drug-likeness (QED) is 0.843. The molecule has 0 saturated heterocycles. The first-order chi connectivity index (χ1) is 9.31. The summed E-state index contributed by atoms with van der Waals surface area (Å²) in [7, 11) is 1.90. The molecule has 5 heteroatoms. The molecule has 2 aromatic rings. The average molecular weight is 258 g/mol. The lowest BCUT2D eigenvalue weighted by atomic mass is 10.3. The SMILES string of the molecule is CNCCCC(=O)N1CCn2c1nc1ccccc12. The van der Waals surface area contributed by atoms with Gasteiger partial charge in [-0.05, 0) is 32.1 Å². The van der Waals surface area contributed by atoms with Crippen molar-refractivity contribution in [3.8, 4) is 0 Å². The summed E-state index contributed by atoms with van der Waals surface area (Å²) in [5.74, 6) is 0.972. The van der Waals surface area contributed by atoms with Crippen LogP contribution in [0, 0.1) is 0 Å². The van der Waals surface area contributed by atoms with Crippen LogP contribution in [0.15, 0.2) is 24.3 Å².